The first kappa shape index (κ1) is 29.4. The zero-order valence-electron chi connectivity index (χ0n) is 22.6. The SMILES string of the molecule is C=CC(=O)OCCCCCCOc1ccc(C(=O)Oc2ccc3cc(/C=C\CCCC)ccc3c2C=N)cc1. The van der Waals surface area contributed by atoms with Crippen molar-refractivity contribution in [3.63, 3.8) is 0 Å². The molecule has 0 fully saturated rings. The Bertz CT molecular complexity index is 1290. The molecular weight excluding hydrogens is 490 g/mol. The Kier molecular flexibility index (Phi) is 12.0. The number of unbranched alkanes of at least 4 members (excludes halogenated alkanes) is 5. The lowest BCUT2D eigenvalue weighted by atomic mass is 10.0. The predicted molar refractivity (Wildman–Crippen MR) is 157 cm³/mol. The molecule has 1 N–H and O–H groups in total. The van der Waals surface area contributed by atoms with Crippen LogP contribution < -0.4 is 9.47 Å². The summed E-state index contributed by atoms with van der Waals surface area (Å²) >= 11 is 0. The summed E-state index contributed by atoms with van der Waals surface area (Å²) in [5, 5.41) is 9.79. The second kappa shape index (κ2) is 15.9. The Morgan fingerprint density at radius 2 is 1.69 bits per heavy atom. The van der Waals surface area contributed by atoms with Gasteiger partial charge >= 0.3 is 11.9 Å². The van der Waals surface area contributed by atoms with Crippen LogP contribution in [0.3, 0.4) is 0 Å². The molecule has 0 radical (unpaired) electrons. The number of allylic oxidation sites excluding steroid dienone is 1. The minimum Gasteiger partial charge on any atom is -0.494 e. The van der Waals surface area contributed by atoms with E-state index in [1.54, 1.807) is 30.3 Å². The van der Waals surface area contributed by atoms with E-state index in [1.165, 1.54) is 25.1 Å². The number of fused-ring (bicyclic) bond motifs is 1. The van der Waals surface area contributed by atoms with Crippen molar-refractivity contribution in [1.29, 1.82) is 5.41 Å². The summed E-state index contributed by atoms with van der Waals surface area (Å²) in [6, 6.07) is 16.6. The summed E-state index contributed by atoms with van der Waals surface area (Å²) in [7, 11) is 0. The maximum atomic E-state index is 12.8. The van der Waals surface area contributed by atoms with E-state index in [2.05, 4.69) is 31.7 Å². The lowest BCUT2D eigenvalue weighted by Crippen LogP contribution is -2.10. The summed E-state index contributed by atoms with van der Waals surface area (Å²) in [6.45, 7) is 6.51. The van der Waals surface area contributed by atoms with E-state index < -0.39 is 11.9 Å². The number of ether oxygens (including phenoxy) is 3. The number of nitrogens with one attached hydrogen (secondary N) is 1. The molecule has 3 aromatic rings. The van der Waals surface area contributed by atoms with E-state index in [1.807, 2.05) is 18.2 Å². The Hall–Kier alpha value is -4.19. The molecule has 3 aromatic carbocycles. The Balaban J connectivity index is 1.52. The molecule has 6 nitrogen and oxygen atoms in total. The first-order valence-corrected chi connectivity index (χ1v) is 13.5. The lowest BCUT2D eigenvalue weighted by Gasteiger charge is -2.11. The molecular formula is C33H37NO5. The Morgan fingerprint density at radius 3 is 2.41 bits per heavy atom. The van der Waals surface area contributed by atoms with E-state index >= 15 is 0 Å². The van der Waals surface area contributed by atoms with Crippen molar-refractivity contribution in [2.45, 2.75) is 51.9 Å². The third-order valence-corrected chi connectivity index (χ3v) is 6.24. The average Bonchev–Trinajstić information content (AvgIpc) is 2.96. The lowest BCUT2D eigenvalue weighted by molar-refractivity contribution is -0.137. The van der Waals surface area contributed by atoms with Gasteiger partial charge in [0, 0.05) is 17.9 Å². The van der Waals surface area contributed by atoms with Crippen molar-refractivity contribution in [3.8, 4) is 11.5 Å². The third kappa shape index (κ3) is 9.25. The molecule has 6 heteroatoms. The van der Waals surface area contributed by atoms with Gasteiger partial charge in [-0.15, -0.1) is 0 Å². The van der Waals surface area contributed by atoms with Crippen LogP contribution in [0, 0.1) is 5.41 Å². The monoisotopic (exact) mass is 527 g/mol. The highest BCUT2D eigenvalue weighted by Crippen LogP contribution is 2.29. The number of rotatable bonds is 16. The number of carbonyl (C=O) groups excluding carboxylic acids is 2. The zero-order valence-corrected chi connectivity index (χ0v) is 22.6. The summed E-state index contributed by atoms with van der Waals surface area (Å²) in [4.78, 5) is 23.8. The van der Waals surface area contributed by atoms with Crippen LogP contribution >= 0.6 is 0 Å². The Morgan fingerprint density at radius 1 is 0.923 bits per heavy atom. The second-order valence-corrected chi connectivity index (χ2v) is 9.20. The van der Waals surface area contributed by atoms with Crippen molar-refractivity contribution >= 4 is 35.0 Å². The van der Waals surface area contributed by atoms with Crippen LogP contribution in [0.15, 0.2) is 73.3 Å². The largest absolute Gasteiger partial charge is 0.494 e. The van der Waals surface area contributed by atoms with Gasteiger partial charge in [-0.05, 0) is 84.8 Å². The molecule has 0 saturated carbocycles. The fourth-order valence-corrected chi connectivity index (χ4v) is 4.06. The van der Waals surface area contributed by atoms with Crippen molar-refractivity contribution in [2.75, 3.05) is 13.2 Å². The Labute approximate surface area is 230 Å². The normalized spacial score (nSPS) is 10.9. The van der Waals surface area contributed by atoms with Crippen LogP contribution in [0.4, 0.5) is 0 Å². The van der Waals surface area contributed by atoms with Crippen LogP contribution in [-0.4, -0.2) is 31.4 Å². The second-order valence-electron chi connectivity index (χ2n) is 9.20. The number of hydrogen-bond donors (Lipinski definition) is 1. The molecule has 204 valence electrons. The number of benzene rings is 3. The molecule has 0 saturated heterocycles. The first-order valence-electron chi connectivity index (χ1n) is 13.5. The van der Waals surface area contributed by atoms with Gasteiger partial charge in [-0.3, -0.25) is 0 Å². The molecule has 0 spiro atoms. The molecule has 0 amide bonds. The molecule has 0 unspecified atom stereocenters. The molecule has 0 bridgehead atoms. The average molecular weight is 528 g/mol. The zero-order chi connectivity index (χ0) is 27.9. The van der Waals surface area contributed by atoms with Crippen LogP contribution in [0.1, 0.15) is 73.4 Å². The van der Waals surface area contributed by atoms with E-state index in [0.29, 0.717) is 35.8 Å². The van der Waals surface area contributed by atoms with Gasteiger partial charge in [0.2, 0.25) is 0 Å². The number of carbonyl (C=O) groups is 2. The van der Waals surface area contributed by atoms with Gasteiger partial charge in [0.1, 0.15) is 11.5 Å². The van der Waals surface area contributed by atoms with E-state index in [4.69, 9.17) is 19.6 Å². The fourth-order valence-electron chi connectivity index (χ4n) is 4.06. The predicted octanol–water partition coefficient (Wildman–Crippen LogP) is 7.93. The molecule has 0 heterocycles. The molecule has 0 aliphatic heterocycles. The van der Waals surface area contributed by atoms with Crippen molar-refractivity contribution in [1.82, 2.24) is 0 Å². The van der Waals surface area contributed by atoms with Crippen molar-refractivity contribution in [2.24, 2.45) is 0 Å². The highest BCUT2D eigenvalue weighted by molar-refractivity contribution is 6.03. The van der Waals surface area contributed by atoms with Gasteiger partial charge < -0.3 is 19.6 Å². The maximum Gasteiger partial charge on any atom is 0.343 e. The summed E-state index contributed by atoms with van der Waals surface area (Å²) in [5.74, 6) is 0.153. The van der Waals surface area contributed by atoms with Crippen LogP contribution in [0.25, 0.3) is 16.8 Å². The number of esters is 2. The quantitative estimate of drug-likeness (QED) is 0.0672. The maximum absolute atomic E-state index is 12.8. The smallest absolute Gasteiger partial charge is 0.343 e. The van der Waals surface area contributed by atoms with E-state index in [9.17, 15) is 9.59 Å². The van der Waals surface area contributed by atoms with Gasteiger partial charge in [0.25, 0.3) is 0 Å². The molecule has 0 aliphatic rings. The van der Waals surface area contributed by atoms with Gasteiger partial charge in [0.05, 0.1) is 18.8 Å². The van der Waals surface area contributed by atoms with Gasteiger partial charge in [-0.1, -0.05) is 56.7 Å². The van der Waals surface area contributed by atoms with E-state index in [0.717, 1.165) is 48.4 Å². The van der Waals surface area contributed by atoms with Crippen molar-refractivity contribution in [3.05, 3.63) is 90.0 Å². The molecule has 0 aliphatic carbocycles. The molecule has 3 rings (SSSR count). The standard InChI is InChI=1S/C33H37NO5/c1-3-5-6-9-12-25-13-19-29-27(23-25)16-20-31(30(29)24-34)39-33(36)26-14-17-28(18-15-26)37-21-10-7-8-11-22-38-32(35)4-2/h4,9,12-20,23-24,34H,2-3,5-8,10-11,21-22H2,1H3/b12-9-,34-24?. The molecule has 39 heavy (non-hydrogen) atoms. The summed E-state index contributed by atoms with van der Waals surface area (Å²) < 4.78 is 16.4. The van der Waals surface area contributed by atoms with E-state index in [-0.39, 0.29) is 0 Å². The summed E-state index contributed by atoms with van der Waals surface area (Å²) in [6.07, 6.45) is 13.7. The number of hydrogen-bond acceptors (Lipinski definition) is 6. The van der Waals surface area contributed by atoms with Crippen LogP contribution in [0.2, 0.25) is 0 Å². The minimum absolute atomic E-state index is 0.355. The highest BCUT2D eigenvalue weighted by Gasteiger charge is 2.14. The first-order chi connectivity index (χ1) is 19.0. The third-order valence-electron chi connectivity index (χ3n) is 6.24. The minimum atomic E-state index is -0.489. The van der Waals surface area contributed by atoms with Crippen LogP contribution in [-0.2, 0) is 9.53 Å². The summed E-state index contributed by atoms with van der Waals surface area (Å²) in [5.41, 5.74) is 2.08. The highest BCUT2D eigenvalue weighted by atomic mass is 16.5. The topological polar surface area (TPSA) is 85.7 Å². The van der Waals surface area contributed by atoms with Gasteiger partial charge in [0.15, 0.2) is 0 Å². The van der Waals surface area contributed by atoms with Gasteiger partial charge in [-0.2, -0.15) is 0 Å². The van der Waals surface area contributed by atoms with Crippen LogP contribution in [0.5, 0.6) is 11.5 Å². The van der Waals surface area contributed by atoms with Gasteiger partial charge in [-0.25, -0.2) is 9.59 Å². The fraction of sp³-hybridized carbons (Fsp3) is 0.303. The molecule has 0 aromatic heterocycles. The van der Waals surface area contributed by atoms with Crippen molar-refractivity contribution < 1.29 is 23.8 Å². The molecule has 0 atom stereocenters.